The molecule has 1 aromatic heterocycles. The molecule has 4 heteroatoms. The predicted molar refractivity (Wildman–Crippen MR) is 56.1 cm³/mol. The molecule has 0 spiro atoms. The molecule has 0 saturated heterocycles. The highest BCUT2D eigenvalue weighted by Crippen LogP contribution is 2.11. The largest absolute Gasteiger partial charge is 0.323 e. The molecule has 1 atom stereocenters. The summed E-state index contributed by atoms with van der Waals surface area (Å²) in [6.07, 6.45) is 1.81. The van der Waals surface area contributed by atoms with E-state index in [0.717, 1.165) is 11.4 Å². The van der Waals surface area contributed by atoms with Gasteiger partial charge in [-0.3, -0.25) is 0 Å². The smallest absolute Gasteiger partial charge is 0.123 e. The number of hydrogen-bond donors (Lipinski definition) is 1. The van der Waals surface area contributed by atoms with Crippen LogP contribution in [0.15, 0.2) is 36.5 Å². The summed E-state index contributed by atoms with van der Waals surface area (Å²) in [6, 6.07) is 7.92. The molecule has 0 bridgehead atoms. The standard InChI is InChI=1S/C11H12FN3/c1-8(13)11-6-7-15(14-11)10-4-2-9(12)3-5-10/h2-8H,13H2,1H3/t8-/m0/s1. The van der Waals surface area contributed by atoms with Gasteiger partial charge in [0.25, 0.3) is 0 Å². The fraction of sp³-hybridized carbons (Fsp3) is 0.182. The van der Waals surface area contributed by atoms with E-state index in [-0.39, 0.29) is 11.9 Å². The lowest BCUT2D eigenvalue weighted by Gasteiger charge is -2.01. The average Bonchev–Trinajstić information content (AvgIpc) is 2.68. The van der Waals surface area contributed by atoms with Gasteiger partial charge >= 0.3 is 0 Å². The van der Waals surface area contributed by atoms with Gasteiger partial charge in [-0.25, -0.2) is 9.07 Å². The summed E-state index contributed by atoms with van der Waals surface area (Å²) in [5, 5.41) is 4.28. The summed E-state index contributed by atoms with van der Waals surface area (Å²) in [5.74, 6) is -0.252. The lowest BCUT2D eigenvalue weighted by molar-refractivity contribution is 0.627. The van der Waals surface area contributed by atoms with E-state index in [1.54, 1.807) is 16.8 Å². The third kappa shape index (κ3) is 2.05. The molecule has 0 aliphatic carbocycles. The summed E-state index contributed by atoms with van der Waals surface area (Å²) < 4.78 is 14.4. The van der Waals surface area contributed by atoms with Crippen LogP contribution in [0.2, 0.25) is 0 Å². The van der Waals surface area contributed by atoms with Crippen molar-refractivity contribution in [1.29, 1.82) is 0 Å². The molecular weight excluding hydrogens is 193 g/mol. The Morgan fingerprint density at radius 1 is 1.27 bits per heavy atom. The molecule has 0 saturated carbocycles. The van der Waals surface area contributed by atoms with E-state index in [4.69, 9.17) is 5.73 Å². The maximum absolute atomic E-state index is 12.7. The Hall–Kier alpha value is -1.68. The van der Waals surface area contributed by atoms with Crippen LogP contribution in [0.3, 0.4) is 0 Å². The van der Waals surface area contributed by atoms with Gasteiger partial charge in [0.2, 0.25) is 0 Å². The highest BCUT2D eigenvalue weighted by Gasteiger charge is 2.04. The summed E-state index contributed by atoms with van der Waals surface area (Å²) >= 11 is 0. The quantitative estimate of drug-likeness (QED) is 0.815. The van der Waals surface area contributed by atoms with Gasteiger partial charge in [0.05, 0.1) is 11.4 Å². The minimum absolute atomic E-state index is 0.0910. The van der Waals surface area contributed by atoms with Crippen LogP contribution in [0.4, 0.5) is 4.39 Å². The molecule has 2 aromatic rings. The molecule has 0 unspecified atom stereocenters. The van der Waals surface area contributed by atoms with Crippen molar-refractivity contribution < 1.29 is 4.39 Å². The molecule has 0 amide bonds. The molecule has 78 valence electrons. The Morgan fingerprint density at radius 3 is 2.47 bits per heavy atom. The van der Waals surface area contributed by atoms with Crippen LogP contribution in [0.5, 0.6) is 0 Å². The highest BCUT2D eigenvalue weighted by molar-refractivity contribution is 5.31. The van der Waals surface area contributed by atoms with Crippen molar-refractivity contribution in [2.45, 2.75) is 13.0 Å². The second-order valence-electron chi connectivity index (χ2n) is 3.45. The van der Waals surface area contributed by atoms with Crippen molar-refractivity contribution in [3.63, 3.8) is 0 Å². The van der Waals surface area contributed by atoms with Crippen LogP contribution >= 0.6 is 0 Å². The Labute approximate surface area is 87.3 Å². The van der Waals surface area contributed by atoms with Crippen LogP contribution in [0, 0.1) is 5.82 Å². The van der Waals surface area contributed by atoms with Crippen LogP contribution in [0.25, 0.3) is 5.69 Å². The van der Waals surface area contributed by atoms with E-state index in [1.165, 1.54) is 12.1 Å². The summed E-state index contributed by atoms with van der Waals surface area (Å²) in [7, 11) is 0. The maximum Gasteiger partial charge on any atom is 0.123 e. The first-order valence-electron chi connectivity index (χ1n) is 4.74. The van der Waals surface area contributed by atoms with Crippen molar-refractivity contribution in [3.8, 4) is 5.69 Å². The Morgan fingerprint density at radius 2 is 1.93 bits per heavy atom. The average molecular weight is 205 g/mol. The van der Waals surface area contributed by atoms with Crippen LogP contribution in [0.1, 0.15) is 18.7 Å². The van der Waals surface area contributed by atoms with Gasteiger partial charge in [-0.1, -0.05) is 0 Å². The van der Waals surface area contributed by atoms with Crippen molar-refractivity contribution in [3.05, 3.63) is 48.0 Å². The minimum atomic E-state index is -0.252. The zero-order chi connectivity index (χ0) is 10.8. The SMILES string of the molecule is C[C@H](N)c1ccn(-c2ccc(F)cc2)n1. The number of hydrogen-bond acceptors (Lipinski definition) is 2. The van der Waals surface area contributed by atoms with Crippen LogP contribution < -0.4 is 5.73 Å². The summed E-state index contributed by atoms with van der Waals surface area (Å²) in [4.78, 5) is 0. The normalized spacial score (nSPS) is 12.7. The number of aromatic nitrogens is 2. The number of nitrogens with two attached hydrogens (primary N) is 1. The second-order valence-corrected chi connectivity index (χ2v) is 3.45. The monoisotopic (exact) mass is 205 g/mol. The molecule has 2 rings (SSSR count). The Bertz CT molecular complexity index is 445. The molecule has 0 aliphatic heterocycles. The van der Waals surface area contributed by atoms with Crippen molar-refractivity contribution in [2.75, 3.05) is 0 Å². The molecule has 2 N–H and O–H groups in total. The number of rotatable bonds is 2. The molecule has 0 radical (unpaired) electrons. The number of nitrogens with zero attached hydrogens (tertiary/aromatic N) is 2. The molecule has 1 heterocycles. The Kier molecular flexibility index (Phi) is 2.51. The van der Waals surface area contributed by atoms with Crippen molar-refractivity contribution >= 4 is 0 Å². The maximum atomic E-state index is 12.7. The van der Waals surface area contributed by atoms with Crippen LogP contribution in [-0.2, 0) is 0 Å². The number of benzene rings is 1. The van der Waals surface area contributed by atoms with Crippen molar-refractivity contribution in [1.82, 2.24) is 9.78 Å². The highest BCUT2D eigenvalue weighted by atomic mass is 19.1. The molecule has 0 fully saturated rings. The fourth-order valence-corrected chi connectivity index (χ4v) is 1.32. The zero-order valence-corrected chi connectivity index (χ0v) is 8.39. The third-order valence-corrected chi connectivity index (χ3v) is 2.17. The zero-order valence-electron chi connectivity index (χ0n) is 8.39. The van der Waals surface area contributed by atoms with Gasteiger partial charge in [-0.2, -0.15) is 5.10 Å². The van der Waals surface area contributed by atoms with Crippen LogP contribution in [-0.4, -0.2) is 9.78 Å². The fourth-order valence-electron chi connectivity index (χ4n) is 1.32. The second kappa shape index (κ2) is 3.82. The van der Waals surface area contributed by atoms with Gasteiger partial charge in [0.1, 0.15) is 5.82 Å². The third-order valence-electron chi connectivity index (χ3n) is 2.17. The van der Waals surface area contributed by atoms with E-state index in [0.29, 0.717) is 0 Å². The van der Waals surface area contributed by atoms with E-state index in [1.807, 2.05) is 19.2 Å². The summed E-state index contributed by atoms with van der Waals surface area (Å²) in [5.41, 5.74) is 7.33. The topological polar surface area (TPSA) is 43.8 Å². The lowest BCUT2D eigenvalue weighted by atomic mass is 10.3. The van der Waals surface area contributed by atoms with Gasteiger partial charge < -0.3 is 5.73 Å². The van der Waals surface area contributed by atoms with E-state index < -0.39 is 0 Å². The molecular formula is C11H12FN3. The van der Waals surface area contributed by atoms with Gasteiger partial charge in [0, 0.05) is 12.2 Å². The predicted octanol–water partition coefficient (Wildman–Crippen LogP) is 2.03. The van der Waals surface area contributed by atoms with Gasteiger partial charge in [-0.15, -0.1) is 0 Å². The first-order valence-corrected chi connectivity index (χ1v) is 4.74. The van der Waals surface area contributed by atoms with Crippen molar-refractivity contribution in [2.24, 2.45) is 5.73 Å². The van der Waals surface area contributed by atoms with E-state index in [9.17, 15) is 4.39 Å². The molecule has 3 nitrogen and oxygen atoms in total. The van der Waals surface area contributed by atoms with E-state index >= 15 is 0 Å². The molecule has 0 aliphatic rings. The van der Waals surface area contributed by atoms with E-state index in [2.05, 4.69) is 5.10 Å². The number of halogens is 1. The minimum Gasteiger partial charge on any atom is -0.323 e. The van der Waals surface area contributed by atoms with Gasteiger partial charge in [0.15, 0.2) is 0 Å². The first kappa shape index (κ1) is 9.86. The lowest BCUT2D eigenvalue weighted by Crippen LogP contribution is -2.06. The van der Waals surface area contributed by atoms with Gasteiger partial charge in [-0.05, 0) is 37.3 Å². The molecule has 1 aromatic carbocycles. The Balaban J connectivity index is 2.33. The molecule has 15 heavy (non-hydrogen) atoms. The summed E-state index contributed by atoms with van der Waals surface area (Å²) in [6.45, 7) is 1.87. The first-order chi connectivity index (χ1) is 7.16.